The van der Waals surface area contributed by atoms with Crippen LogP contribution in [-0.2, 0) is 7.05 Å². The normalized spacial score (nSPS) is 11.2. The van der Waals surface area contributed by atoms with Crippen LogP contribution in [0.15, 0.2) is 72.9 Å². The standard InChI is InChI=1S/C21H18N/c1-15-11-12-16-7-3-5-9-19(16)21(15)18-13-17-8-4-6-10-20(17)22(2)14-18/h3-14H,1-2H3/q+1. The van der Waals surface area contributed by atoms with Crippen LogP contribution in [0.25, 0.3) is 32.8 Å². The molecule has 22 heavy (non-hydrogen) atoms. The van der Waals surface area contributed by atoms with Gasteiger partial charge >= 0.3 is 0 Å². The molecule has 0 amide bonds. The Hall–Kier alpha value is -2.67. The summed E-state index contributed by atoms with van der Waals surface area (Å²) in [5, 5.41) is 3.88. The van der Waals surface area contributed by atoms with Gasteiger partial charge in [-0.15, -0.1) is 0 Å². The molecule has 0 N–H and O–H groups in total. The lowest BCUT2D eigenvalue weighted by Crippen LogP contribution is -2.28. The van der Waals surface area contributed by atoms with E-state index in [0.29, 0.717) is 0 Å². The van der Waals surface area contributed by atoms with Gasteiger partial charge < -0.3 is 0 Å². The quantitative estimate of drug-likeness (QED) is 0.442. The van der Waals surface area contributed by atoms with Gasteiger partial charge in [-0.1, -0.05) is 48.5 Å². The molecule has 4 rings (SSSR count). The molecule has 0 unspecified atom stereocenters. The zero-order valence-corrected chi connectivity index (χ0v) is 12.9. The lowest BCUT2D eigenvalue weighted by atomic mass is 9.94. The van der Waals surface area contributed by atoms with E-state index in [1.54, 1.807) is 0 Å². The van der Waals surface area contributed by atoms with Crippen molar-refractivity contribution in [1.82, 2.24) is 0 Å². The van der Waals surface area contributed by atoms with Crippen LogP contribution in [0.2, 0.25) is 0 Å². The third kappa shape index (κ3) is 1.98. The third-order valence-electron chi connectivity index (χ3n) is 4.39. The largest absolute Gasteiger partial charge is 0.212 e. The Morgan fingerprint density at radius 1 is 0.773 bits per heavy atom. The number of nitrogens with zero attached hydrogens (tertiary/aromatic N) is 1. The molecule has 1 heteroatoms. The van der Waals surface area contributed by atoms with Crippen molar-refractivity contribution >= 4 is 21.7 Å². The Labute approximate surface area is 130 Å². The molecular formula is C21H18N+. The molecule has 0 fully saturated rings. The van der Waals surface area contributed by atoms with Gasteiger partial charge in [0.2, 0.25) is 5.52 Å². The fraction of sp³-hybridized carbons (Fsp3) is 0.0952. The number of para-hydroxylation sites is 1. The summed E-state index contributed by atoms with van der Waals surface area (Å²) in [7, 11) is 2.12. The van der Waals surface area contributed by atoms with Crippen LogP contribution in [0.5, 0.6) is 0 Å². The summed E-state index contributed by atoms with van der Waals surface area (Å²) in [6.45, 7) is 2.19. The van der Waals surface area contributed by atoms with E-state index in [-0.39, 0.29) is 0 Å². The number of hydrogen-bond donors (Lipinski definition) is 0. The lowest BCUT2D eigenvalue weighted by molar-refractivity contribution is -0.644. The van der Waals surface area contributed by atoms with Gasteiger partial charge in [-0.3, -0.25) is 0 Å². The summed E-state index contributed by atoms with van der Waals surface area (Å²) in [5.41, 5.74) is 5.17. The van der Waals surface area contributed by atoms with Gasteiger partial charge in [-0.05, 0) is 41.0 Å². The van der Waals surface area contributed by atoms with E-state index < -0.39 is 0 Å². The molecule has 1 heterocycles. The molecule has 0 aliphatic carbocycles. The molecule has 106 valence electrons. The van der Waals surface area contributed by atoms with Gasteiger partial charge in [0.15, 0.2) is 6.20 Å². The predicted octanol–water partition coefficient (Wildman–Crippen LogP) is 4.79. The van der Waals surface area contributed by atoms with Crippen LogP contribution in [0.1, 0.15) is 5.56 Å². The SMILES string of the molecule is Cc1ccc2ccccc2c1-c1cc2ccccc2[n+](C)c1. The van der Waals surface area contributed by atoms with E-state index in [4.69, 9.17) is 0 Å². The van der Waals surface area contributed by atoms with Crippen LogP contribution in [0.3, 0.4) is 0 Å². The zero-order chi connectivity index (χ0) is 15.1. The van der Waals surface area contributed by atoms with E-state index in [0.717, 1.165) is 0 Å². The molecule has 0 bridgehead atoms. The van der Waals surface area contributed by atoms with Gasteiger partial charge in [0.05, 0.1) is 0 Å². The maximum Gasteiger partial charge on any atom is 0.212 e. The molecule has 0 radical (unpaired) electrons. The van der Waals surface area contributed by atoms with E-state index in [1.165, 1.54) is 38.4 Å². The van der Waals surface area contributed by atoms with Crippen molar-refractivity contribution in [3.05, 3.63) is 78.5 Å². The van der Waals surface area contributed by atoms with Crippen LogP contribution in [0, 0.1) is 6.92 Å². The first-order chi connectivity index (χ1) is 10.7. The molecule has 0 spiro atoms. The van der Waals surface area contributed by atoms with Gasteiger partial charge in [-0.2, -0.15) is 0 Å². The Morgan fingerprint density at radius 3 is 2.36 bits per heavy atom. The fourth-order valence-corrected chi connectivity index (χ4v) is 3.31. The van der Waals surface area contributed by atoms with E-state index in [1.807, 2.05) is 0 Å². The maximum absolute atomic E-state index is 2.30. The number of fused-ring (bicyclic) bond motifs is 2. The van der Waals surface area contributed by atoms with Crippen molar-refractivity contribution in [3.63, 3.8) is 0 Å². The van der Waals surface area contributed by atoms with Crippen molar-refractivity contribution in [2.24, 2.45) is 7.05 Å². The number of aryl methyl sites for hydroxylation is 2. The highest BCUT2D eigenvalue weighted by Gasteiger charge is 2.13. The number of rotatable bonds is 1. The van der Waals surface area contributed by atoms with Crippen molar-refractivity contribution in [3.8, 4) is 11.1 Å². The first-order valence-electron chi connectivity index (χ1n) is 7.61. The van der Waals surface area contributed by atoms with Crippen molar-refractivity contribution < 1.29 is 4.57 Å². The molecule has 1 aromatic heterocycles. The summed E-state index contributed by atoms with van der Waals surface area (Å²) in [5.74, 6) is 0. The zero-order valence-electron chi connectivity index (χ0n) is 12.9. The van der Waals surface area contributed by atoms with Gasteiger partial charge in [0.1, 0.15) is 7.05 Å². The van der Waals surface area contributed by atoms with Crippen molar-refractivity contribution in [2.75, 3.05) is 0 Å². The average Bonchev–Trinajstić information content (AvgIpc) is 2.54. The molecule has 0 atom stereocenters. The minimum atomic E-state index is 1.25. The van der Waals surface area contributed by atoms with Crippen molar-refractivity contribution in [1.29, 1.82) is 0 Å². The second kappa shape index (κ2) is 4.96. The van der Waals surface area contributed by atoms with Crippen LogP contribution in [-0.4, -0.2) is 0 Å². The summed E-state index contributed by atoms with van der Waals surface area (Å²) in [4.78, 5) is 0. The second-order valence-corrected chi connectivity index (χ2v) is 5.88. The van der Waals surface area contributed by atoms with Gasteiger partial charge in [-0.25, -0.2) is 4.57 Å². The van der Waals surface area contributed by atoms with Crippen LogP contribution >= 0.6 is 0 Å². The summed E-state index contributed by atoms with van der Waals surface area (Å²) < 4.78 is 2.21. The molecule has 0 saturated carbocycles. The topological polar surface area (TPSA) is 3.88 Å². The Morgan fingerprint density at radius 2 is 1.50 bits per heavy atom. The van der Waals surface area contributed by atoms with E-state index in [9.17, 15) is 0 Å². The molecule has 4 aromatic rings. The van der Waals surface area contributed by atoms with Crippen LogP contribution < -0.4 is 4.57 Å². The molecule has 0 saturated heterocycles. The number of hydrogen-bond acceptors (Lipinski definition) is 0. The van der Waals surface area contributed by atoms with E-state index in [2.05, 4.69) is 91.5 Å². The van der Waals surface area contributed by atoms with Crippen LogP contribution in [0.4, 0.5) is 0 Å². The van der Waals surface area contributed by atoms with Gasteiger partial charge in [0.25, 0.3) is 0 Å². The first kappa shape index (κ1) is 13.0. The summed E-state index contributed by atoms with van der Waals surface area (Å²) >= 11 is 0. The number of aromatic nitrogens is 1. The highest BCUT2D eigenvalue weighted by Crippen LogP contribution is 2.32. The molecular weight excluding hydrogens is 266 g/mol. The highest BCUT2D eigenvalue weighted by molar-refractivity contribution is 5.99. The minimum Gasteiger partial charge on any atom is -0.200 e. The second-order valence-electron chi connectivity index (χ2n) is 5.88. The predicted molar refractivity (Wildman–Crippen MR) is 92.8 cm³/mol. The lowest BCUT2D eigenvalue weighted by Gasteiger charge is -2.10. The fourth-order valence-electron chi connectivity index (χ4n) is 3.31. The monoisotopic (exact) mass is 284 g/mol. The molecule has 1 nitrogen and oxygen atoms in total. The highest BCUT2D eigenvalue weighted by atomic mass is 14.9. The minimum absolute atomic E-state index is 1.25. The Bertz CT molecular complexity index is 999. The van der Waals surface area contributed by atoms with Gasteiger partial charge in [0, 0.05) is 17.0 Å². The molecule has 0 aliphatic heterocycles. The third-order valence-corrected chi connectivity index (χ3v) is 4.39. The smallest absolute Gasteiger partial charge is 0.200 e. The van der Waals surface area contributed by atoms with Crippen molar-refractivity contribution in [2.45, 2.75) is 6.92 Å². The Balaban J connectivity index is 2.09. The maximum atomic E-state index is 2.30. The summed E-state index contributed by atoms with van der Waals surface area (Å²) in [6.07, 6.45) is 2.23. The number of benzene rings is 3. The molecule has 3 aromatic carbocycles. The molecule has 0 aliphatic rings. The first-order valence-corrected chi connectivity index (χ1v) is 7.61. The van der Waals surface area contributed by atoms with E-state index >= 15 is 0 Å². The number of pyridine rings is 1. The Kier molecular flexibility index (Phi) is 2.93. The average molecular weight is 284 g/mol. The summed E-state index contributed by atoms with van der Waals surface area (Å²) in [6, 6.07) is 23.9.